The summed E-state index contributed by atoms with van der Waals surface area (Å²) in [5.74, 6) is 1.51. The van der Waals surface area contributed by atoms with E-state index in [0.29, 0.717) is 31.8 Å². The number of rotatable bonds is 6. The van der Waals surface area contributed by atoms with Gasteiger partial charge in [-0.1, -0.05) is 30.3 Å². The first-order chi connectivity index (χ1) is 16.6. The van der Waals surface area contributed by atoms with E-state index < -0.39 is 0 Å². The van der Waals surface area contributed by atoms with Crippen LogP contribution in [-0.2, 0) is 4.79 Å². The molecule has 3 atom stereocenters. The SMILES string of the molecule is CC(=O)N1CC[C@@H]2[C@H](C1)[C@@H](c1ccccc1)CN2C(=O)c1ccc(OCCN2CCCC2)cc1. The van der Waals surface area contributed by atoms with Gasteiger partial charge in [-0.05, 0) is 62.2 Å². The fourth-order valence-electron chi connectivity index (χ4n) is 5.97. The fraction of sp³-hybridized carbons (Fsp3) is 0.500. The van der Waals surface area contributed by atoms with Crippen LogP contribution in [0.1, 0.15) is 48.0 Å². The summed E-state index contributed by atoms with van der Waals surface area (Å²) in [6.45, 7) is 7.73. The Hall–Kier alpha value is -2.86. The van der Waals surface area contributed by atoms with Crippen LogP contribution in [0.5, 0.6) is 5.75 Å². The van der Waals surface area contributed by atoms with E-state index in [4.69, 9.17) is 4.74 Å². The minimum atomic E-state index is 0.0772. The first kappa shape index (κ1) is 22.9. The van der Waals surface area contributed by atoms with Gasteiger partial charge < -0.3 is 14.5 Å². The second kappa shape index (κ2) is 10.2. The highest BCUT2D eigenvalue weighted by molar-refractivity contribution is 5.95. The molecule has 2 amide bonds. The van der Waals surface area contributed by atoms with Crippen molar-refractivity contribution in [1.29, 1.82) is 0 Å². The maximum absolute atomic E-state index is 13.6. The highest BCUT2D eigenvalue weighted by Crippen LogP contribution is 2.42. The zero-order valence-corrected chi connectivity index (χ0v) is 20.1. The molecule has 0 bridgehead atoms. The summed E-state index contributed by atoms with van der Waals surface area (Å²) in [6.07, 6.45) is 3.40. The van der Waals surface area contributed by atoms with E-state index in [2.05, 4.69) is 34.1 Å². The van der Waals surface area contributed by atoms with Crippen LogP contribution in [-0.4, -0.2) is 78.4 Å². The second-order valence-corrected chi connectivity index (χ2v) is 9.88. The molecule has 6 heteroatoms. The van der Waals surface area contributed by atoms with E-state index in [-0.39, 0.29) is 29.7 Å². The molecule has 0 aliphatic carbocycles. The molecule has 5 rings (SSSR count). The zero-order valence-electron chi connectivity index (χ0n) is 20.1. The summed E-state index contributed by atoms with van der Waals surface area (Å²) in [6, 6.07) is 18.2. The molecule has 180 valence electrons. The first-order valence-corrected chi connectivity index (χ1v) is 12.7. The van der Waals surface area contributed by atoms with Crippen molar-refractivity contribution in [2.75, 3.05) is 45.9 Å². The van der Waals surface area contributed by atoms with Gasteiger partial charge in [0, 0.05) is 56.5 Å². The van der Waals surface area contributed by atoms with Gasteiger partial charge in [0.05, 0.1) is 0 Å². The molecule has 3 fully saturated rings. The first-order valence-electron chi connectivity index (χ1n) is 12.7. The molecular formula is C28H35N3O3. The van der Waals surface area contributed by atoms with Gasteiger partial charge in [0.15, 0.2) is 0 Å². The van der Waals surface area contributed by atoms with Gasteiger partial charge in [-0.15, -0.1) is 0 Å². The van der Waals surface area contributed by atoms with Crippen LogP contribution in [0.2, 0.25) is 0 Å². The van der Waals surface area contributed by atoms with E-state index in [1.807, 2.05) is 35.2 Å². The molecule has 0 N–H and O–H groups in total. The van der Waals surface area contributed by atoms with Gasteiger partial charge in [-0.25, -0.2) is 0 Å². The maximum Gasteiger partial charge on any atom is 0.254 e. The molecular weight excluding hydrogens is 426 g/mol. The van der Waals surface area contributed by atoms with E-state index in [0.717, 1.165) is 18.7 Å². The van der Waals surface area contributed by atoms with Crippen molar-refractivity contribution in [3.8, 4) is 5.75 Å². The number of hydrogen-bond donors (Lipinski definition) is 0. The monoisotopic (exact) mass is 461 g/mol. The number of carbonyl (C=O) groups is 2. The summed E-state index contributed by atoms with van der Waals surface area (Å²) in [7, 11) is 0. The van der Waals surface area contributed by atoms with Crippen LogP contribution in [0.4, 0.5) is 0 Å². The van der Waals surface area contributed by atoms with Crippen LogP contribution >= 0.6 is 0 Å². The Balaban J connectivity index is 1.27. The second-order valence-electron chi connectivity index (χ2n) is 9.88. The predicted molar refractivity (Wildman–Crippen MR) is 132 cm³/mol. The summed E-state index contributed by atoms with van der Waals surface area (Å²) >= 11 is 0. The normalized spacial score (nSPS) is 24.8. The number of piperidine rings is 1. The molecule has 0 radical (unpaired) electrons. The van der Waals surface area contributed by atoms with Gasteiger partial charge in [0.2, 0.25) is 5.91 Å². The molecule has 3 saturated heterocycles. The van der Waals surface area contributed by atoms with Gasteiger partial charge in [-0.3, -0.25) is 14.5 Å². The zero-order chi connectivity index (χ0) is 23.5. The van der Waals surface area contributed by atoms with Crippen molar-refractivity contribution < 1.29 is 14.3 Å². The van der Waals surface area contributed by atoms with Crippen molar-refractivity contribution >= 4 is 11.8 Å². The van der Waals surface area contributed by atoms with Gasteiger partial charge in [0.25, 0.3) is 5.91 Å². The molecule has 3 aliphatic rings. The van der Waals surface area contributed by atoms with Gasteiger partial charge in [-0.2, -0.15) is 0 Å². The summed E-state index contributed by atoms with van der Waals surface area (Å²) in [4.78, 5) is 32.1. The van der Waals surface area contributed by atoms with Gasteiger partial charge in [0.1, 0.15) is 12.4 Å². The summed E-state index contributed by atoms with van der Waals surface area (Å²) < 4.78 is 5.92. The largest absolute Gasteiger partial charge is 0.492 e. The molecule has 0 saturated carbocycles. The molecule has 3 heterocycles. The third-order valence-electron chi connectivity index (χ3n) is 7.84. The smallest absolute Gasteiger partial charge is 0.254 e. The Morgan fingerprint density at radius 1 is 0.941 bits per heavy atom. The highest BCUT2D eigenvalue weighted by Gasteiger charge is 2.47. The van der Waals surface area contributed by atoms with Crippen molar-refractivity contribution in [3.05, 3.63) is 65.7 Å². The summed E-state index contributed by atoms with van der Waals surface area (Å²) in [5.41, 5.74) is 1.95. The molecule has 2 aromatic rings. The molecule has 34 heavy (non-hydrogen) atoms. The van der Waals surface area contributed by atoms with Crippen LogP contribution in [0.25, 0.3) is 0 Å². The topological polar surface area (TPSA) is 53.1 Å². The Labute approximate surface area is 202 Å². The van der Waals surface area contributed by atoms with E-state index in [9.17, 15) is 9.59 Å². The minimum absolute atomic E-state index is 0.0772. The average Bonchev–Trinajstić information content (AvgIpc) is 3.52. The van der Waals surface area contributed by atoms with E-state index >= 15 is 0 Å². The Bertz CT molecular complexity index is 988. The molecule has 0 unspecified atom stereocenters. The lowest BCUT2D eigenvalue weighted by Crippen LogP contribution is -2.49. The number of ether oxygens (including phenoxy) is 1. The van der Waals surface area contributed by atoms with Crippen molar-refractivity contribution in [2.24, 2.45) is 5.92 Å². The Kier molecular flexibility index (Phi) is 6.86. The Morgan fingerprint density at radius 3 is 2.38 bits per heavy atom. The summed E-state index contributed by atoms with van der Waals surface area (Å²) in [5, 5.41) is 0. The fourth-order valence-corrected chi connectivity index (χ4v) is 5.97. The van der Waals surface area contributed by atoms with E-state index in [1.54, 1.807) is 6.92 Å². The number of carbonyl (C=O) groups excluding carboxylic acids is 2. The number of benzene rings is 2. The number of fused-ring (bicyclic) bond motifs is 1. The standard InChI is InChI=1S/C28H35N3O3/c1-21(32)30-16-13-27-26(19-30)25(22-7-3-2-4-8-22)20-31(27)28(33)23-9-11-24(12-10-23)34-18-17-29-14-5-6-15-29/h2-4,7-12,25-27H,5-6,13-20H2,1H3/t25-,26-,27-/m1/s1. The number of nitrogens with zero attached hydrogens (tertiary/aromatic N) is 3. The lowest BCUT2D eigenvalue weighted by molar-refractivity contribution is -0.131. The third kappa shape index (κ3) is 4.83. The average molecular weight is 462 g/mol. The van der Waals surface area contributed by atoms with Crippen molar-refractivity contribution in [2.45, 2.75) is 38.1 Å². The predicted octanol–water partition coefficient (Wildman–Crippen LogP) is 3.64. The third-order valence-corrected chi connectivity index (χ3v) is 7.84. The van der Waals surface area contributed by atoms with Crippen LogP contribution in [0.15, 0.2) is 54.6 Å². The van der Waals surface area contributed by atoms with Gasteiger partial charge >= 0.3 is 0 Å². The number of likely N-dealkylation sites (tertiary alicyclic amines) is 3. The quantitative estimate of drug-likeness (QED) is 0.659. The molecule has 0 aromatic heterocycles. The van der Waals surface area contributed by atoms with Crippen LogP contribution in [0, 0.1) is 5.92 Å². The minimum Gasteiger partial charge on any atom is -0.492 e. The molecule has 2 aromatic carbocycles. The highest BCUT2D eigenvalue weighted by atomic mass is 16.5. The van der Waals surface area contributed by atoms with E-state index in [1.165, 1.54) is 31.5 Å². The van der Waals surface area contributed by atoms with Crippen LogP contribution in [0.3, 0.4) is 0 Å². The lowest BCUT2D eigenvalue weighted by atomic mass is 9.82. The van der Waals surface area contributed by atoms with Crippen molar-refractivity contribution in [1.82, 2.24) is 14.7 Å². The molecule has 6 nitrogen and oxygen atoms in total. The maximum atomic E-state index is 13.6. The Morgan fingerprint density at radius 2 is 1.68 bits per heavy atom. The van der Waals surface area contributed by atoms with Crippen LogP contribution < -0.4 is 4.74 Å². The molecule has 0 spiro atoms. The number of amides is 2. The molecule has 3 aliphatic heterocycles. The lowest BCUT2D eigenvalue weighted by Gasteiger charge is -2.38. The van der Waals surface area contributed by atoms with Crippen molar-refractivity contribution in [3.63, 3.8) is 0 Å². The number of hydrogen-bond acceptors (Lipinski definition) is 4.